The lowest BCUT2D eigenvalue weighted by atomic mass is 9.83. The largest absolute Gasteiger partial charge is 0.497 e. The lowest BCUT2D eigenvalue weighted by Gasteiger charge is -2.40. The van der Waals surface area contributed by atoms with E-state index in [0.717, 1.165) is 17.9 Å². The predicted molar refractivity (Wildman–Crippen MR) is 92.8 cm³/mol. The van der Waals surface area contributed by atoms with Crippen LogP contribution in [-0.2, 0) is 9.59 Å². The number of hydrogen-bond acceptors (Lipinski definition) is 4. The Morgan fingerprint density at radius 2 is 2.04 bits per heavy atom. The van der Waals surface area contributed by atoms with Gasteiger partial charge in [0.05, 0.1) is 19.1 Å². The number of carbonyl (C=O) groups excluding carboxylic acids is 2. The lowest BCUT2D eigenvalue weighted by molar-refractivity contribution is -0.145. The third-order valence-corrected chi connectivity index (χ3v) is 4.71. The fourth-order valence-electron chi connectivity index (χ4n) is 3.23. The summed E-state index contributed by atoms with van der Waals surface area (Å²) >= 11 is 0. The number of nitrogens with one attached hydrogen (secondary N) is 1. The van der Waals surface area contributed by atoms with Gasteiger partial charge in [0.2, 0.25) is 11.8 Å². The molecule has 0 aromatic heterocycles. The molecule has 2 unspecified atom stereocenters. The molecule has 1 N–H and O–H groups in total. The molecule has 0 aliphatic carbocycles. The van der Waals surface area contributed by atoms with Crippen molar-refractivity contribution in [3.63, 3.8) is 0 Å². The van der Waals surface area contributed by atoms with E-state index in [1.807, 2.05) is 38.4 Å². The molecule has 0 spiro atoms. The minimum absolute atomic E-state index is 0.0812. The summed E-state index contributed by atoms with van der Waals surface area (Å²) in [6.07, 6.45) is 1.00. The van der Waals surface area contributed by atoms with E-state index in [1.54, 1.807) is 24.0 Å². The zero-order valence-corrected chi connectivity index (χ0v) is 14.9. The van der Waals surface area contributed by atoms with E-state index in [0.29, 0.717) is 19.4 Å². The van der Waals surface area contributed by atoms with Crippen molar-refractivity contribution in [1.29, 1.82) is 0 Å². The van der Waals surface area contributed by atoms with Crippen LogP contribution in [0.3, 0.4) is 0 Å². The number of likely N-dealkylation sites (tertiary alicyclic amines) is 1. The van der Waals surface area contributed by atoms with Gasteiger partial charge in [-0.1, -0.05) is 12.1 Å². The molecule has 24 heavy (non-hydrogen) atoms. The molecular formula is C18H27N3O3. The van der Waals surface area contributed by atoms with Crippen molar-refractivity contribution in [2.45, 2.75) is 18.9 Å². The van der Waals surface area contributed by atoms with Gasteiger partial charge in [-0.3, -0.25) is 9.59 Å². The number of ether oxygens (including phenoxy) is 1. The van der Waals surface area contributed by atoms with Crippen LogP contribution < -0.4 is 10.1 Å². The maximum Gasteiger partial charge on any atom is 0.227 e. The number of nitrogens with zero attached hydrogens (tertiary/aromatic N) is 2. The van der Waals surface area contributed by atoms with Gasteiger partial charge in [0, 0.05) is 33.6 Å². The Labute approximate surface area is 143 Å². The van der Waals surface area contributed by atoms with Crippen molar-refractivity contribution in [2.75, 3.05) is 41.3 Å². The smallest absolute Gasteiger partial charge is 0.227 e. The molecule has 0 radical (unpaired) electrons. The molecule has 1 fully saturated rings. The van der Waals surface area contributed by atoms with Crippen LogP contribution in [0.4, 0.5) is 0 Å². The number of likely N-dealkylation sites (N-methyl/N-ethyl adjacent to an activating group) is 2. The molecular weight excluding hydrogens is 306 g/mol. The number of amides is 2. The van der Waals surface area contributed by atoms with Crippen LogP contribution in [-0.4, -0.2) is 63.0 Å². The van der Waals surface area contributed by atoms with Gasteiger partial charge in [0.15, 0.2) is 0 Å². The van der Waals surface area contributed by atoms with E-state index < -0.39 is 0 Å². The first-order chi connectivity index (χ1) is 11.5. The first kappa shape index (κ1) is 18.3. The van der Waals surface area contributed by atoms with Crippen LogP contribution in [0.5, 0.6) is 5.75 Å². The number of rotatable bonds is 6. The zero-order valence-electron chi connectivity index (χ0n) is 14.9. The van der Waals surface area contributed by atoms with Crippen LogP contribution in [0.2, 0.25) is 0 Å². The average molecular weight is 333 g/mol. The minimum Gasteiger partial charge on any atom is -0.497 e. The Morgan fingerprint density at radius 3 is 2.62 bits per heavy atom. The third kappa shape index (κ3) is 3.87. The molecule has 2 rings (SSSR count). The molecule has 1 aliphatic heterocycles. The third-order valence-electron chi connectivity index (χ3n) is 4.71. The number of methoxy groups -OCH3 is 1. The molecule has 1 aliphatic rings. The Kier molecular flexibility index (Phi) is 6.20. The molecule has 0 bridgehead atoms. The van der Waals surface area contributed by atoms with Crippen LogP contribution in [0.25, 0.3) is 0 Å². The summed E-state index contributed by atoms with van der Waals surface area (Å²) in [5, 5.41) is 3.06. The highest BCUT2D eigenvalue weighted by molar-refractivity contribution is 5.84. The Hall–Kier alpha value is -2.08. The van der Waals surface area contributed by atoms with Crippen LogP contribution in [0, 0.1) is 5.92 Å². The topological polar surface area (TPSA) is 61.9 Å². The van der Waals surface area contributed by atoms with E-state index >= 15 is 0 Å². The Bertz CT molecular complexity index is 573. The molecule has 6 heteroatoms. The molecule has 2 atom stereocenters. The van der Waals surface area contributed by atoms with Crippen molar-refractivity contribution in [1.82, 2.24) is 15.1 Å². The summed E-state index contributed by atoms with van der Waals surface area (Å²) in [6, 6.07) is 7.38. The zero-order chi connectivity index (χ0) is 17.7. The number of carbonyl (C=O) groups is 2. The van der Waals surface area contributed by atoms with Gasteiger partial charge in [0.25, 0.3) is 0 Å². The minimum atomic E-state index is -0.235. The second-order valence-corrected chi connectivity index (χ2v) is 6.23. The predicted octanol–water partition coefficient (Wildman–Crippen LogP) is 1.28. The fourth-order valence-corrected chi connectivity index (χ4v) is 3.23. The number of benzene rings is 1. The summed E-state index contributed by atoms with van der Waals surface area (Å²) in [7, 11) is 7.09. The first-order valence-electron chi connectivity index (χ1n) is 8.28. The molecule has 1 aromatic rings. The summed E-state index contributed by atoms with van der Waals surface area (Å²) in [5.41, 5.74) is 0.965. The highest BCUT2D eigenvalue weighted by atomic mass is 16.5. The number of hydrogen-bond donors (Lipinski definition) is 1. The molecule has 6 nitrogen and oxygen atoms in total. The quantitative estimate of drug-likeness (QED) is 0.852. The van der Waals surface area contributed by atoms with Crippen LogP contribution in [0.15, 0.2) is 24.3 Å². The second-order valence-electron chi connectivity index (χ2n) is 6.23. The second kappa shape index (κ2) is 8.15. The molecule has 2 amide bonds. The summed E-state index contributed by atoms with van der Waals surface area (Å²) in [4.78, 5) is 28.5. The normalized spacial score (nSPS) is 20.8. The highest BCUT2D eigenvalue weighted by Crippen LogP contribution is 2.37. The summed E-state index contributed by atoms with van der Waals surface area (Å²) in [5.74, 6) is 0.712. The van der Waals surface area contributed by atoms with Gasteiger partial charge in [-0.15, -0.1) is 0 Å². The van der Waals surface area contributed by atoms with Gasteiger partial charge in [-0.2, -0.15) is 0 Å². The fraction of sp³-hybridized carbons (Fsp3) is 0.556. The van der Waals surface area contributed by atoms with Gasteiger partial charge < -0.3 is 19.9 Å². The maximum absolute atomic E-state index is 12.9. The van der Waals surface area contributed by atoms with Crippen molar-refractivity contribution in [3.05, 3.63) is 29.8 Å². The standard InChI is InChI=1S/C18H27N3O3/c1-19-11-12-20(2)18(23)15-9-10-16(22)21(3)17(15)13-5-7-14(24-4)8-6-13/h5-8,15,17,19H,9-12H2,1-4H3. The monoisotopic (exact) mass is 333 g/mol. The van der Waals surface area contributed by atoms with Crippen molar-refractivity contribution >= 4 is 11.8 Å². The Balaban J connectivity index is 2.26. The van der Waals surface area contributed by atoms with Crippen molar-refractivity contribution in [3.8, 4) is 5.75 Å². The van der Waals surface area contributed by atoms with Gasteiger partial charge in [-0.05, 0) is 31.2 Å². The van der Waals surface area contributed by atoms with Gasteiger partial charge in [-0.25, -0.2) is 0 Å². The van der Waals surface area contributed by atoms with E-state index in [4.69, 9.17) is 4.74 Å². The molecule has 0 saturated carbocycles. The summed E-state index contributed by atoms with van der Waals surface area (Å²) in [6.45, 7) is 1.40. The summed E-state index contributed by atoms with van der Waals surface area (Å²) < 4.78 is 5.20. The Morgan fingerprint density at radius 1 is 1.38 bits per heavy atom. The van der Waals surface area contributed by atoms with Crippen LogP contribution in [0.1, 0.15) is 24.4 Å². The van der Waals surface area contributed by atoms with Gasteiger partial charge >= 0.3 is 0 Å². The SMILES string of the molecule is CNCCN(C)C(=O)C1CCC(=O)N(C)C1c1ccc(OC)cc1. The molecule has 1 saturated heterocycles. The van der Waals surface area contributed by atoms with E-state index in [2.05, 4.69) is 5.32 Å². The van der Waals surface area contributed by atoms with E-state index in [9.17, 15) is 9.59 Å². The first-order valence-corrected chi connectivity index (χ1v) is 8.28. The lowest BCUT2D eigenvalue weighted by Crippen LogP contribution is -2.47. The maximum atomic E-state index is 12.9. The van der Waals surface area contributed by atoms with Crippen molar-refractivity contribution < 1.29 is 14.3 Å². The number of piperidine rings is 1. The molecule has 1 aromatic carbocycles. The van der Waals surface area contributed by atoms with Crippen molar-refractivity contribution in [2.24, 2.45) is 5.92 Å². The van der Waals surface area contributed by atoms with E-state index in [-0.39, 0.29) is 23.8 Å². The molecule has 1 heterocycles. The van der Waals surface area contributed by atoms with Crippen LogP contribution >= 0.6 is 0 Å². The average Bonchev–Trinajstić information content (AvgIpc) is 2.61. The van der Waals surface area contributed by atoms with E-state index in [1.165, 1.54) is 0 Å². The highest BCUT2D eigenvalue weighted by Gasteiger charge is 2.39. The molecule has 132 valence electrons. The van der Waals surface area contributed by atoms with Gasteiger partial charge in [0.1, 0.15) is 5.75 Å².